The van der Waals surface area contributed by atoms with Gasteiger partial charge in [-0.05, 0) is 24.5 Å². The number of hydrogen-bond acceptors (Lipinski definition) is 1. The highest BCUT2D eigenvalue weighted by Crippen LogP contribution is 2.13. The van der Waals surface area contributed by atoms with Gasteiger partial charge in [-0.1, -0.05) is 26.8 Å². The minimum absolute atomic E-state index is 0.126. The first kappa shape index (κ1) is 13.1. The van der Waals surface area contributed by atoms with Crippen LogP contribution in [0.2, 0.25) is 0 Å². The molecule has 0 heterocycles. The molecule has 0 aromatic heterocycles. The molecule has 0 amide bonds. The van der Waals surface area contributed by atoms with Crippen molar-refractivity contribution in [2.75, 3.05) is 0 Å². The average molecular weight is 227 g/mol. The van der Waals surface area contributed by atoms with Gasteiger partial charge < -0.3 is 5.32 Å². The number of nitrogens with one attached hydrogen (secondary N) is 1. The minimum atomic E-state index is -0.480. The largest absolute Gasteiger partial charge is 0.309 e. The summed E-state index contributed by atoms with van der Waals surface area (Å²) in [6.07, 6.45) is 0.952. The van der Waals surface area contributed by atoms with Gasteiger partial charge in [0.05, 0.1) is 0 Å². The molecule has 0 aliphatic carbocycles. The predicted octanol–water partition coefficient (Wildman–Crippen LogP) is 3.49. The van der Waals surface area contributed by atoms with Crippen molar-refractivity contribution in [3.63, 3.8) is 0 Å². The zero-order valence-corrected chi connectivity index (χ0v) is 10.1. The summed E-state index contributed by atoms with van der Waals surface area (Å²) in [6.45, 7) is 6.50. The molecule has 0 bridgehead atoms. The highest BCUT2D eigenvalue weighted by atomic mass is 19.1. The molecular weight excluding hydrogens is 208 g/mol. The third-order valence-corrected chi connectivity index (χ3v) is 2.85. The van der Waals surface area contributed by atoms with Gasteiger partial charge in [0.15, 0.2) is 0 Å². The molecule has 0 aliphatic rings. The molecule has 90 valence electrons. The lowest BCUT2D eigenvalue weighted by Gasteiger charge is -2.21. The first-order valence-electron chi connectivity index (χ1n) is 5.72. The third-order valence-electron chi connectivity index (χ3n) is 2.85. The van der Waals surface area contributed by atoms with E-state index in [1.54, 1.807) is 0 Å². The highest BCUT2D eigenvalue weighted by molar-refractivity contribution is 5.19. The highest BCUT2D eigenvalue weighted by Gasteiger charge is 2.13. The lowest BCUT2D eigenvalue weighted by molar-refractivity contribution is 0.380. The fourth-order valence-corrected chi connectivity index (χ4v) is 1.79. The van der Waals surface area contributed by atoms with Gasteiger partial charge in [0, 0.05) is 18.2 Å². The summed E-state index contributed by atoms with van der Waals surface area (Å²) in [4.78, 5) is 0. The van der Waals surface area contributed by atoms with Crippen LogP contribution in [0.15, 0.2) is 18.2 Å². The van der Waals surface area contributed by atoms with E-state index < -0.39 is 11.6 Å². The Morgan fingerprint density at radius 1 is 1.19 bits per heavy atom. The van der Waals surface area contributed by atoms with Crippen LogP contribution in [0, 0.1) is 17.6 Å². The Labute approximate surface area is 95.9 Å². The molecule has 0 radical (unpaired) electrons. The summed E-state index contributed by atoms with van der Waals surface area (Å²) in [6, 6.07) is 4.25. The standard InChI is InChI=1S/C13H19F2N/c1-4-13(9(2)3)16-8-10-11(14)6-5-7-12(10)15/h5-7,9,13,16H,4,8H2,1-3H3. The second kappa shape index (κ2) is 5.94. The molecule has 1 nitrogen and oxygen atoms in total. The Balaban J connectivity index is 2.67. The van der Waals surface area contributed by atoms with Gasteiger partial charge in [0.25, 0.3) is 0 Å². The van der Waals surface area contributed by atoms with Crippen LogP contribution in [0.4, 0.5) is 8.78 Å². The maximum atomic E-state index is 13.3. The van der Waals surface area contributed by atoms with Crippen LogP contribution >= 0.6 is 0 Å². The van der Waals surface area contributed by atoms with E-state index in [0.717, 1.165) is 6.42 Å². The van der Waals surface area contributed by atoms with E-state index in [9.17, 15) is 8.78 Å². The van der Waals surface area contributed by atoms with Crippen molar-refractivity contribution < 1.29 is 8.78 Å². The number of benzene rings is 1. The number of halogens is 2. The van der Waals surface area contributed by atoms with Gasteiger partial charge in [-0.2, -0.15) is 0 Å². The lowest BCUT2D eigenvalue weighted by Crippen LogP contribution is -2.33. The quantitative estimate of drug-likeness (QED) is 0.812. The van der Waals surface area contributed by atoms with Gasteiger partial charge in [-0.25, -0.2) is 8.78 Å². The van der Waals surface area contributed by atoms with Gasteiger partial charge >= 0.3 is 0 Å². The molecule has 1 aromatic rings. The topological polar surface area (TPSA) is 12.0 Å². The van der Waals surface area contributed by atoms with E-state index in [1.165, 1.54) is 18.2 Å². The zero-order valence-electron chi connectivity index (χ0n) is 10.1. The first-order valence-corrected chi connectivity index (χ1v) is 5.72. The van der Waals surface area contributed by atoms with Crippen LogP contribution in [-0.2, 0) is 6.54 Å². The van der Waals surface area contributed by atoms with Crippen LogP contribution in [0.25, 0.3) is 0 Å². The van der Waals surface area contributed by atoms with E-state index in [-0.39, 0.29) is 12.1 Å². The van der Waals surface area contributed by atoms with Crippen molar-refractivity contribution >= 4 is 0 Å². The molecule has 1 unspecified atom stereocenters. The Bertz CT molecular complexity index is 316. The molecule has 0 saturated heterocycles. The fraction of sp³-hybridized carbons (Fsp3) is 0.538. The Morgan fingerprint density at radius 3 is 2.19 bits per heavy atom. The monoisotopic (exact) mass is 227 g/mol. The fourth-order valence-electron chi connectivity index (χ4n) is 1.79. The molecule has 0 saturated carbocycles. The summed E-state index contributed by atoms with van der Waals surface area (Å²) in [5, 5.41) is 3.19. The second-order valence-corrected chi connectivity index (χ2v) is 4.34. The third kappa shape index (κ3) is 3.27. The van der Waals surface area contributed by atoms with Crippen molar-refractivity contribution in [3.8, 4) is 0 Å². The van der Waals surface area contributed by atoms with Gasteiger partial charge in [-0.3, -0.25) is 0 Å². The number of rotatable bonds is 5. The van der Waals surface area contributed by atoms with E-state index in [1.807, 2.05) is 0 Å². The average Bonchev–Trinajstić information content (AvgIpc) is 2.22. The number of hydrogen-bond donors (Lipinski definition) is 1. The smallest absolute Gasteiger partial charge is 0.130 e. The van der Waals surface area contributed by atoms with Crippen LogP contribution in [-0.4, -0.2) is 6.04 Å². The molecule has 1 aromatic carbocycles. The molecule has 0 aliphatic heterocycles. The Morgan fingerprint density at radius 2 is 1.75 bits per heavy atom. The van der Waals surface area contributed by atoms with Crippen molar-refractivity contribution in [2.24, 2.45) is 5.92 Å². The van der Waals surface area contributed by atoms with Crippen molar-refractivity contribution in [1.82, 2.24) is 5.32 Å². The molecular formula is C13H19F2N. The van der Waals surface area contributed by atoms with E-state index in [2.05, 4.69) is 26.1 Å². The first-order chi connectivity index (χ1) is 7.56. The van der Waals surface area contributed by atoms with Crippen molar-refractivity contribution in [1.29, 1.82) is 0 Å². The van der Waals surface area contributed by atoms with Gasteiger partial charge in [0.1, 0.15) is 11.6 Å². The van der Waals surface area contributed by atoms with Crippen LogP contribution in [0.5, 0.6) is 0 Å². The maximum absolute atomic E-state index is 13.3. The van der Waals surface area contributed by atoms with Gasteiger partial charge in [0.2, 0.25) is 0 Å². The summed E-state index contributed by atoms with van der Waals surface area (Å²) < 4.78 is 26.7. The summed E-state index contributed by atoms with van der Waals surface area (Å²) in [5.41, 5.74) is 0.126. The minimum Gasteiger partial charge on any atom is -0.309 e. The van der Waals surface area contributed by atoms with Gasteiger partial charge in [-0.15, -0.1) is 0 Å². The van der Waals surface area contributed by atoms with E-state index >= 15 is 0 Å². The molecule has 0 spiro atoms. The Hall–Kier alpha value is -0.960. The molecule has 16 heavy (non-hydrogen) atoms. The predicted molar refractivity (Wildman–Crippen MR) is 62.1 cm³/mol. The SMILES string of the molecule is CCC(NCc1c(F)cccc1F)C(C)C. The molecule has 0 fully saturated rings. The molecule has 1 rings (SSSR count). The summed E-state index contributed by atoms with van der Waals surface area (Å²) >= 11 is 0. The van der Waals surface area contributed by atoms with Crippen LogP contribution in [0.3, 0.4) is 0 Å². The molecule has 1 atom stereocenters. The van der Waals surface area contributed by atoms with Crippen LogP contribution < -0.4 is 5.32 Å². The maximum Gasteiger partial charge on any atom is 0.130 e. The lowest BCUT2D eigenvalue weighted by atomic mass is 10.0. The second-order valence-electron chi connectivity index (χ2n) is 4.34. The van der Waals surface area contributed by atoms with E-state index in [0.29, 0.717) is 12.0 Å². The van der Waals surface area contributed by atoms with E-state index in [4.69, 9.17) is 0 Å². The van der Waals surface area contributed by atoms with Crippen molar-refractivity contribution in [2.45, 2.75) is 39.8 Å². The van der Waals surface area contributed by atoms with Crippen LogP contribution in [0.1, 0.15) is 32.8 Å². The summed E-state index contributed by atoms with van der Waals surface area (Å²) in [5.74, 6) is -0.503. The molecule has 3 heteroatoms. The van der Waals surface area contributed by atoms with Crippen molar-refractivity contribution in [3.05, 3.63) is 35.4 Å². The molecule has 1 N–H and O–H groups in total. The summed E-state index contributed by atoms with van der Waals surface area (Å²) in [7, 11) is 0. The zero-order chi connectivity index (χ0) is 12.1. The normalized spacial score (nSPS) is 13.1. The Kier molecular flexibility index (Phi) is 4.87.